The van der Waals surface area contributed by atoms with Crippen molar-refractivity contribution in [2.75, 3.05) is 11.4 Å². The van der Waals surface area contributed by atoms with Crippen LogP contribution in [-0.4, -0.2) is 23.4 Å². The topological polar surface area (TPSA) is 66.0 Å². The van der Waals surface area contributed by atoms with Crippen molar-refractivity contribution >= 4 is 11.7 Å². The van der Waals surface area contributed by atoms with E-state index in [0.29, 0.717) is 6.04 Å². The molecule has 1 saturated heterocycles. The normalized spacial score (nSPS) is 19.7. The van der Waals surface area contributed by atoms with Gasteiger partial charge < -0.3 is 10.6 Å². The van der Waals surface area contributed by atoms with E-state index in [0.717, 1.165) is 29.2 Å². The molecule has 0 bridgehead atoms. The summed E-state index contributed by atoms with van der Waals surface area (Å²) in [6, 6.07) is 2.47. The highest BCUT2D eigenvalue weighted by molar-refractivity contribution is 6.01. The van der Waals surface area contributed by atoms with Gasteiger partial charge in [0.1, 0.15) is 11.7 Å². The maximum absolute atomic E-state index is 7.73. The predicted octanol–water partition coefficient (Wildman–Crippen LogP) is 1.97. The SMILES string of the molecule is Cc1cc(C)c(C(=N)N)c(N2CCCC2C)n1. The second-order valence-corrected chi connectivity index (χ2v) is 4.88. The molecule has 4 nitrogen and oxygen atoms in total. The van der Waals surface area contributed by atoms with E-state index in [2.05, 4.69) is 16.8 Å². The summed E-state index contributed by atoms with van der Waals surface area (Å²) in [4.78, 5) is 6.87. The van der Waals surface area contributed by atoms with Gasteiger partial charge in [0.05, 0.1) is 5.56 Å². The number of nitrogens with zero attached hydrogens (tertiary/aromatic N) is 2. The first kappa shape index (κ1) is 11.9. The van der Waals surface area contributed by atoms with E-state index < -0.39 is 0 Å². The fourth-order valence-electron chi connectivity index (χ4n) is 2.61. The van der Waals surface area contributed by atoms with Crippen LogP contribution in [0.1, 0.15) is 36.6 Å². The number of aromatic nitrogens is 1. The van der Waals surface area contributed by atoms with Gasteiger partial charge in [0.25, 0.3) is 0 Å². The van der Waals surface area contributed by atoms with E-state index in [1.54, 1.807) is 0 Å². The van der Waals surface area contributed by atoms with Crippen LogP contribution in [0.3, 0.4) is 0 Å². The molecule has 1 atom stereocenters. The zero-order valence-corrected chi connectivity index (χ0v) is 10.7. The average molecular weight is 232 g/mol. The number of nitrogen functional groups attached to an aromatic ring is 1. The van der Waals surface area contributed by atoms with Crippen molar-refractivity contribution in [2.24, 2.45) is 5.73 Å². The zero-order chi connectivity index (χ0) is 12.6. The molecule has 1 unspecified atom stereocenters. The monoisotopic (exact) mass is 232 g/mol. The van der Waals surface area contributed by atoms with Crippen molar-refractivity contribution in [3.05, 3.63) is 22.9 Å². The van der Waals surface area contributed by atoms with Crippen LogP contribution in [0.2, 0.25) is 0 Å². The van der Waals surface area contributed by atoms with Gasteiger partial charge in [-0.05, 0) is 45.2 Å². The molecule has 0 aromatic carbocycles. The molecule has 4 heteroatoms. The first-order chi connectivity index (χ1) is 8.00. The quantitative estimate of drug-likeness (QED) is 0.605. The molecule has 1 aliphatic rings. The minimum Gasteiger partial charge on any atom is -0.384 e. The standard InChI is InChI=1S/C13H20N4/c1-8-7-9(2)16-13(11(8)12(14)15)17-6-4-5-10(17)3/h7,10H,4-6H2,1-3H3,(H3,14,15). The van der Waals surface area contributed by atoms with Crippen molar-refractivity contribution in [2.45, 2.75) is 39.7 Å². The molecule has 1 aliphatic heterocycles. The number of hydrogen-bond acceptors (Lipinski definition) is 3. The summed E-state index contributed by atoms with van der Waals surface area (Å²) in [7, 11) is 0. The fourth-order valence-corrected chi connectivity index (χ4v) is 2.61. The van der Waals surface area contributed by atoms with E-state index in [9.17, 15) is 0 Å². The summed E-state index contributed by atoms with van der Waals surface area (Å²) in [5.74, 6) is 1.00. The smallest absolute Gasteiger partial charge is 0.140 e. The molecule has 1 aromatic rings. The van der Waals surface area contributed by atoms with Crippen molar-refractivity contribution in [3.63, 3.8) is 0 Å². The molecule has 0 radical (unpaired) electrons. The van der Waals surface area contributed by atoms with Crippen LogP contribution in [0.15, 0.2) is 6.07 Å². The lowest BCUT2D eigenvalue weighted by Gasteiger charge is -2.26. The van der Waals surface area contributed by atoms with Gasteiger partial charge in [0.15, 0.2) is 0 Å². The van der Waals surface area contributed by atoms with E-state index in [4.69, 9.17) is 11.1 Å². The van der Waals surface area contributed by atoms with Crippen LogP contribution in [0.25, 0.3) is 0 Å². The molecule has 0 spiro atoms. The minimum absolute atomic E-state index is 0.115. The van der Waals surface area contributed by atoms with Gasteiger partial charge in [-0.15, -0.1) is 0 Å². The predicted molar refractivity (Wildman–Crippen MR) is 70.8 cm³/mol. The van der Waals surface area contributed by atoms with Crippen molar-refractivity contribution < 1.29 is 0 Å². The lowest BCUT2D eigenvalue weighted by Crippen LogP contribution is -2.31. The highest BCUT2D eigenvalue weighted by Crippen LogP contribution is 2.28. The van der Waals surface area contributed by atoms with Gasteiger partial charge in [-0.2, -0.15) is 0 Å². The van der Waals surface area contributed by atoms with Crippen molar-refractivity contribution in [1.29, 1.82) is 5.41 Å². The Morgan fingerprint density at radius 2 is 2.24 bits per heavy atom. The summed E-state index contributed by atoms with van der Waals surface area (Å²) in [5.41, 5.74) is 8.52. The Labute approximate surface area is 102 Å². The Hall–Kier alpha value is -1.58. The van der Waals surface area contributed by atoms with E-state index >= 15 is 0 Å². The number of nitrogens with two attached hydrogens (primary N) is 1. The third-order valence-corrected chi connectivity index (χ3v) is 3.42. The molecule has 0 saturated carbocycles. The Bertz CT molecular complexity index is 453. The van der Waals surface area contributed by atoms with Gasteiger partial charge in [-0.1, -0.05) is 0 Å². The van der Waals surface area contributed by atoms with E-state index in [-0.39, 0.29) is 5.84 Å². The van der Waals surface area contributed by atoms with E-state index in [1.165, 1.54) is 12.8 Å². The highest BCUT2D eigenvalue weighted by Gasteiger charge is 2.25. The molecule has 0 aliphatic carbocycles. The summed E-state index contributed by atoms with van der Waals surface area (Å²) >= 11 is 0. The molecule has 17 heavy (non-hydrogen) atoms. The third-order valence-electron chi connectivity index (χ3n) is 3.42. The summed E-state index contributed by atoms with van der Waals surface area (Å²) in [5, 5.41) is 7.73. The van der Waals surface area contributed by atoms with E-state index in [1.807, 2.05) is 19.9 Å². The van der Waals surface area contributed by atoms with Crippen molar-refractivity contribution in [1.82, 2.24) is 4.98 Å². The van der Waals surface area contributed by atoms with Gasteiger partial charge in [-0.25, -0.2) is 4.98 Å². The Morgan fingerprint density at radius 1 is 1.53 bits per heavy atom. The number of anilines is 1. The first-order valence-corrected chi connectivity index (χ1v) is 6.10. The third kappa shape index (κ3) is 2.12. The lowest BCUT2D eigenvalue weighted by molar-refractivity contribution is 0.725. The van der Waals surface area contributed by atoms with Crippen LogP contribution in [0.4, 0.5) is 5.82 Å². The molecule has 92 valence electrons. The van der Waals surface area contributed by atoms with Crippen molar-refractivity contribution in [3.8, 4) is 0 Å². The summed E-state index contributed by atoms with van der Waals surface area (Å²) in [6.07, 6.45) is 2.37. The molecule has 1 aromatic heterocycles. The maximum Gasteiger partial charge on any atom is 0.140 e. The molecule has 2 rings (SSSR count). The van der Waals surface area contributed by atoms with Crippen LogP contribution < -0.4 is 10.6 Å². The van der Waals surface area contributed by atoms with Gasteiger partial charge in [-0.3, -0.25) is 5.41 Å². The zero-order valence-electron chi connectivity index (χ0n) is 10.7. The summed E-state index contributed by atoms with van der Waals surface area (Å²) in [6.45, 7) is 7.20. The van der Waals surface area contributed by atoms with Crippen LogP contribution >= 0.6 is 0 Å². The number of rotatable bonds is 2. The summed E-state index contributed by atoms with van der Waals surface area (Å²) < 4.78 is 0. The highest BCUT2D eigenvalue weighted by atomic mass is 15.2. The Balaban J connectivity index is 2.54. The van der Waals surface area contributed by atoms with Gasteiger partial charge >= 0.3 is 0 Å². The molecule has 0 amide bonds. The number of hydrogen-bond donors (Lipinski definition) is 2. The first-order valence-electron chi connectivity index (χ1n) is 6.10. The molecule has 1 fully saturated rings. The van der Waals surface area contributed by atoms with Crippen LogP contribution in [0.5, 0.6) is 0 Å². The Kier molecular flexibility index (Phi) is 3.05. The maximum atomic E-state index is 7.73. The second-order valence-electron chi connectivity index (χ2n) is 4.88. The lowest BCUT2D eigenvalue weighted by atomic mass is 10.1. The average Bonchev–Trinajstić information content (AvgIpc) is 2.62. The molecule has 3 N–H and O–H groups in total. The molecule has 2 heterocycles. The minimum atomic E-state index is 0.115. The van der Waals surface area contributed by atoms with Gasteiger partial charge in [0, 0.05) is 18.3 Å². The van der Waals surface area contributed by atoms with Crippen LogP contribution in [0, 0.1) is 19.3 Å². The molecular formula is C13H20N4. The number of aryl methyl sites for hydroxylation is 2. The van der Waals surface area contributed by atoms with Crippen LogP contribution in [-0.2, 0) is 0 Å². The largest absolute Gasteiger partial charge is 0.384 e. The second kappa shape index (κ2) is 4.35. The number of pyridine rings is 1. The van der Waals surface area contributed by atoms with Gasteiger partial charge in [0.2, 0.25) is 0 Å². The fraction of sp³-hybridized carbons (Fsp3) is 0.538. The number of nitrogens with one attached hydrogen (secondary N) is 1. The number of amidine groups is 1. The Morgan fingerprint density at radius 3 is 2.76 bits per heavy atom. The molecular weight excluding hydrogens is 212 g/mol.